The van der Waals surface area contributed by atoms with Crippen molar-refractivity contribution < 1.29 is 27.5 Å². The number of nitrogens with zero attached hydrogens (tertiary/aromatic N) is 3. The summed E-state index contributed by atoms with van der Waals surface area (Å²) < 4.78 is 36.8. The smallest absolute Gasteiger partial charge is 0.290 e. The molecule has 2 aromatic rings. The molecule has 0 atom stereocenters. The molecule has 3 heterocycles. The van der Waals surface area contributed by atoms with Gasteiger partial charge in [-0.05, 0) is 55.3 Å². The number of piperidine rings is 1. The maximum absolute atomic E-state index is 11.8. The number of nitrogens with one attached hydrogen (secondary N) is 1. The number of thioether (sulfide) groups is 1. The zero-order valence-corrected chi connectivity index (χ0v) is 19.6. The first kappa shape index (κ1) is 23.2. The Morgan fingerprint density at radius 3 is 2.58 bits per heavy atom. The lowest BCUT2D eigenvalue weighted by atomic mass is 10.1. The molecule has 0 aliphatic carbocycles. The zero-order chi connectivity index (χ0) is 23.6. The average Bonchev–Trinajstić information content (AvgIpc) is 3.07. The molecule has 2 saturated heterocycles. The van der Waals surface area contributed by atoms with E-state index in [2.05, 4.69) is 15.3 Å². The van der Waals surface area contributed by atoms with Gasteiger partial charge in [0, 0.05) is 13.1 Å². The van der Waals surface area contributed by atoms with Crippen molar-refractivity contribution in [3.63, 3.8) is 0 Å². The Balaban J connectivity index is 1.45. The number of amides is 2. The minimum absolute atomic E-state index is 0.155. The summed E-state index contributed by atoms with van der Waals surface area (Å²) in [7, 11) is -3.20. The summed E-state index contributed by atoms with van der Waals surface area (Å²) in [4.78, 5) is 31.8. The Kier molecular flexibility index (Phi) is 6.68. The summed E-state index contributed by atoms with van der Waals surface area (Å²) in [6.07, 6.45) is 5.15. The third kappa shape index (κ3) is 5.70. The number of benzene rings is 1. The molecule has 2 amide bonds. The van der Waals surface area contributed by atoms with E-state index in [0.29, 0.717) is 59.5 Å². The van der Waals surface area contributed by atoms with E-state index in [4.69, 9.17) is 9.47 Å². The lowest BCUT2D eigenvalue weighted by Gasteiger charge is -2.30. The predicted molar refractivity (Wildman–Crippen MR) is 122 cm³/mol. The minimum atomic E-state index is -3.20. The molecule has 1 N–H and O–H groups in total. The van der Waals surface area contributed by atoms with Crippen molar-refractivity contribution in [1.82, 2.24) is 19.6 Å². The van der Waals surface area contributed by atoms with Crippen molar-refractivity contribution in [3.05, 3.63) is 46.6 Å². The third-order valence-corrected chi connectivity index (χ3v) is 7.27. The van der Waals surface area contributed by atoms with Gasteiger partial charge in [0.15, 0.2) is 0 Å². The molecule has 0 unspecified atom stereocenters. The molecule has 1 aromatic heterocycles. The number of carbonyl (C=O) groups is 2. The molecular formula is C21H22N4O6S2. The Labute approximate surface area is 195 Å². The fourth-order valence-corrected chi connectivity index (χ4v) is 4.99. The SMILES string of the molecule is Cc1c(Oc2cccc(/C=C3/SC(=O)NC3=O)c2)ncnc1OC1CCN(S(C)(=O)=O)CC1. The Morgan fingerprint density at radius 1 is 1.18 bits per heavy atom. The van der Waals surface area contributed by atoms with Crippen LogP contribution in [0.25, 0.3) is 6.08 Å². The van der Waals surface area contributed by atoms with Crippen LogP contribution in [0.4, 0.5) is 4.79 Å². The first-order chi connectivity index (χ1) is 15.7. The van der Waals surface area contributed by atoms with Gasteiger partial charge >= 0.3 is 0 Å². The maximum atomic E-state index is 11.8. The third-order valence-electron chi connectivity index (χ3n) is 5.15. The number of aromatic nitrogens is 2. The van der Waals surface area contributed by atoms with E-state index in [9.17, 15) is 18.0 Å². The molecule has 12 heteroatoms. The quantitative estimate of drug-likeness (QED) is 0.608. The number of imide groups is 1. The highest BCUT2D eigenvalue weighted by Gasteiger charge is 2.27. The van der Waals surface area contributed by atoms with E-state index in [0.717, 1.165) is 11.8 Å². The second-order valence-electron chi connectivity index (χ2n) is 7.62. The molecule has 2 aliphatic rings. The minimum Gasteiger partial charge on any atom is -0.474 e. The first-order valence-electron chi connectivity index (χ1n) is 10.2. The monoisotopic (exact) mass is 490 g/mol. The van der Waals surface area contributed by atoms with Gasteiger partial charge in [-0.1, -0.05) is 12.1 Å². The molecule has 0 bridgehead atoms. The average molecular weight is 491 g/mol. The van der Waals surface area contributed by atoms with Crippen LogP contribution in [-0.2, 0) is 14.8 Å². The highest BCUT2D eigenvalue weighted by molar-refractivity contribution is 8.18. The maximum Gasteiger partial charge on any atom is 0.290 e. The van der Waals surface area contributed by atoms with Gasteiger partial charge in [0.05, 0.1) is 16.7 Å². The van der Waals surface area contributed by atoms with Gasteiger partial charge in [0.25, 0.3) is 11.1 Å². The molecule has 33 heavy (non-hydrogen) atoms. The van der Waals surface area contributed by atoms with Crippen molar-refractivity contribution in [1.29, 1.82) is 0 Å². The lowest BCUT2D eigenvalue weighted by Crippen LogP contribution is -2.41. The molecular weight excluding hydrogens is 468 g/mol. The molecule has 174 valence electrons. The van der Waals surface area contributed by atoms with Gasteiger partial charge in [-0.3, -0.25) is 14.9 Å². The summed E-state index contributed by atoms with van der Waals surface area (Å²) in [6, 6.07) is 7.04. The van der Waals surface area contributed by atoms with Gasteiger partial charge in [-0.25, -0.2) is 22.7 Å². The van der Waals surface area contributed by atoms with Gasteiger partial charge in [-0.15, -0.1) is 0 Å². The molecule has 0 radical (unpaired) electrons. The van der Waals surface area contributed by atoms with Crippen molar-refractivity contribution in [2.75, 3.05) is 19.3 Å². The van der Waals surface area contributed by atoms with Gasteiger partial charge in [-0.2, -0.15) is 0 Å². The number of rotatable bonds is 6. The molecule has 2 aliphatic heterocycles. The number of hydrogen-bond acceptors (Lipinski definition) is 9. The molecule has 1 aromatic carbocycles. The molecule has 10 nitrogen and oxygen atoms in total. The van der Waals surface area contributed by atoms with Crippen LogP contribution in [0.15, 0.2) is 35.5 Å². The van der Waals surface area contributed by atoms with Gasteiger partial charge in [0.1, 0.15) is 18.2 Å². The number of ether oxygens (including phenoxy) is 2. The molecule has 2 fully saturated rings. The van der Waals surface area contributed by atoms with Gasteiger partial charge < -0.3 is 9.47 Å². The highest BCUT2D eigenvalue weighted by atomic mass is 32.2. The summed E-state index contributed by atoms with van der Waals surface area (Å²) in [5.74, 6) is 0.774. The highest BCUT2D eigenvalue weighted by Crippen LogP contribution is 2.31. The second kappa shape index (κ2) is 9.49. The van der Waals surface area contributed by atoms with Crippen LogP contribution < -0.4 is 14.8 Å². The van der Waals surface area contributed by atoms with Crippen LogP contribution in [0.5, 0.6) is 17.5 Å². The van der Waals surface area contributed by atoms with Crippen molar-refractivity contribution in [2.24, 2.45) is 0 Å². The van der Waals surface area contributed by atoms with Crippen LogP contribution in [0.1, 0.15) is 24.0 Å². The predicted octanol–water partition coefficient (Wildman–Crippen LogP) is 2.70. The lowest BCUT2D eigenvalue weighted by molar-refractivity contribution is -0.115. The number of sulfonamides is 1. The van der Waals surface area contributed by atoms with Crippen LogP contribution in [0, 0.1) is 6.92 Å². The molecule has 4 rings (SSSR count). The first-order valence-corrected chi connectivity index (χ1v) is 12.8. The van der Waals surface area contributed by atoms with Crippen molar-refractivity contribution in [2.45, 2.75) is 25.9 Å². The molecule has 0 spiro atoms. The van der Waals surface area contributed by atoms with E-state index in [1.165, 1.54) is 16.9 Å². The van der Waals surface area contributed by atoms with E-state index in [1.54, 1.807) is 37.3 Å². The zero-order valence-electron chi connectivity index (χ0n) is 18.0. The van der Waals surface area contributed by atoms with E-state index in [-0.39, 0.29) is 6.10 Å². The largest absolute Gasteiger partial charge is 0.474 e. The van der Waals surface area contributed by atoms with E-state index in [1.807, 2.05) is 0 Å². The number of hydrogen-bond donors (Lipinski definition) is 1. The standard InChI is InChI=1S/C21H22N4O6S2/c1-13-19(30-15-6-8-25(9-7-15)33(2,28)29)22-12-23-20(13)31-16-5-3-4-14(10-16)11-17-18(26)24-21(27)32-17/h3-5,10-12,15H,6-9H2,1-2H3,(H,24,26,27)/b17-11+. The summed E-state index contributed by atoms with van der Waals surface area (Å²) >= 11 is 0.848. The second-order valence-corrected chi connectivity index (χ2v) is 10.6. The van der Waals surface area contributed by atoms with Gasteiger partial charge in [0.2, 0.25) is 21.8 Å². The van der Waals surface area contributed by atoms with Crippen LogP contribution in [0.2, 0.25) is 0 Å². The molecule has 0 saturated carbocycles. The van der Waals surface area contributed by atoms with Crippen LogP contribution in [-0.4, -0.2) is 59.3 Å². The summed E-state index contributed by atoms with van der Waals surface area (Å²) in [5.41, 5.74) is 1.31. The topological polar surface area (TPSA) is 128 Å². The van der Waals surface area contributed by atoms with E-state index >= 15 is 0 Å². The van der Waals surface area contributed by atoms with Crippen LogP contribution >= 0.6 is 11.8 Å². The summed E-state index contributed by atoms with van der Waals surface area (Å²) in [6.45, 7) is 2.59. The summed E-state index contributed by atoms with van der Waals surface area (Å²) in [5, 5.41) is 1.82. The Bertz CT molecular complexity index is 1220. The fourth-order valence-electron chi connectivity index (χ4n) is 3.43. The van der Waals surface area contributed by atoms with Crippen LogP contribution in [0.3, 0.4) is 0 Å². The Hall–Kier alpha value is -2.96. The van der Waals surface area contributed by atoms with Crippen molar-refractivity contribution in [3.8, 4) is 17.5 Å². The normalized spacial score (nSPS) is 19.0. The van der Waals surface area contributed by atoms with E-state index < -0.39 is 21.2 Å². The van der Waals surface area contributed by atoms with Crippen molar-refractivity contribution >= 4 is 39.0 Å². The number of carbonyl (C=O) groups excluding carboxylic acids is 2. The fraction of sp³-hybridized carbons (Fsp3) is 0.333. The Morgan fingerprint density at radius 2 is 1.91 bits per heavy atom.